The van der Waals surface area contributed by atoms with Crippen LogP contribution < -0.4 is 5.32 Å². The van der Waals surface area contributed by atoms with Crippen molar-refractivity contribution in [3.63, 3.8) is 0 Å². The predicted octanol–water partition coefficient (Wildman–Crippen LogP) is 2.89. The van der Waals surface area contributed by atoms with Gasteiger partial charge in [-0.15, -0.1) is 0 Å². The van der Waals surface area contributed by atoms with Crippen LogP contribution in [-0.2, 0) is 0 Å². The van der Waals surface area contributed by atoms with Crippen LogP contribution >= 0.6 is 11.6 Å². The Morgan fingerprint density at radius 2 is 2.00 bits per heavy atom. The van der Waals surface area contributed by atoms with Gasteiger partial charge in [0.25, 0.3) is 0 Å². The van der Waals surface area contributed by atoms with E-state index in [2.05, 4.69) is 21.3 Å². The first kappa shape index (κ1) is 14.1. The number of halogens is 1. The Bertz CT molecular complexity index is 447. The lowest BCUT2D eigenvalue weighted by Crippen LogP contribution is -2.30. The fourth-order valence-electron chi connectivity index (χ4n) is 2.35. The molecule has 1 aromatic heterocycles. The fourth-order valence-corrected chi connectivity index (χ4v) is 2.56. The van der Waals surface area contributed by atoms with Crippen LogP contribution in [0.1, 0.15) is 31.2 Å². The quantitative estimate of drug-likeness (QED) is 0.861. The summed E-state index contributed by atoms with van der Waals surface area (Å²) in [5, 5.41) is 12.5. The molecule has 0 amide bonds. The molecule has 5 heteroatoms. The maximum Gasteiger partial charge on any atom is 0.132 e. The molecular formula is C14H19ClN4. The number of nitriles is 1. The van der Waals surface area contributed by atoms with E-state index in [4.69, 9.17) is 16.9 Å². The molecule has 0 aliphatic carbocycles. The minimum Gasteiger partial charge on any atom is -0.369 e. The largest absolute Gasteiger partial charge is 0.369 e. The highest BCUT2D eigenvalue weighted by molar-refractivity contribution is 6.29. The number of likely N-dealkylation sites (tertiary alicyclic amines) is 1. The zero-order valence-electron chi connectivity index (χ0n) is 11.0. The Hall–Kier alpha value is -1.31. The topological polar surface area (TPSA) is 52.0 Å². The van der Waals surface area contributed by atoms with E-state index >= 15 is 0 Å². The van der Waals surface area contributed by atoms with E-state index in [1.54, 1.807) is 12.1 Å². The first-order chi connectivity index (χ1) is 9.28. The lowest BCUT2D eigenvalue weighted by molar-refractivity contribution is 0.296. The van der Waals surface area contributed by atoms with Crippen LogP contribution in [-0.4, -0.2) is 36.1 Å². The van der Waals surface area contributed by atoms with Gasteiger partial charge >= 0.3 is 0 Å². The molecule has 1 saturated heterocycles. The van der Waals surface area contributed by atoms with Gasteiger partial charge in [-0.1, -0.05) is 24.4 Å². The first-order valence-electron chi connectivity index (χ1n) is 6.82. The molecule has 0 bridgehead atoms. The molecule has 0 aromatic carbocycles. The van der Waals surface area contributed by atoms with Crippen molar-refractivity contribution in [1.29, 1.82) is 5.26 Å². The Morgan fingerprint density at radius 3 is 2.68 bits per heavy atom. The number of hydrogen-bond donors (Lipinski definition) is 1. The lowest BCUT2D eigenvalue weighted by Gasteiger charge is -2.19. The van der Waals surface area contributed by atoms with Crippen molar-refractivity contribution in [2.75, 3.05) is 31.5 Å². The molecule has 0 unspecified atom stereocenters. The van der Waals surface area contributed by atoms with Crippen molar-refractivity contribution >= 4 is 17.4 Å². The Labute approximate surface area is 119 Å². The van der Waals surface area contributed by atoms with Gasteiger partial charge in [0, 0.05) is 13.1 Å². The number of aromatic nitrogens is 1. The third-order valence-corrected chi connectivity index (χ3v) is 3.55. The summed E-state index contributed by atoms with van der Waals surface area (Å²) >= 11 is 5.87. The second-order valence-electron chi connectivity index (χ2n) is 4.86. The zero-order chi connectivity index (χ0) is 13.5. The van der Waals surface area contributed by atoms with Gasteiger partial charge in [0.1, 0.15) is 11.0 Å². The average Bonchev–Trinajstić information content (AvgIpc) is 2.67. The molecule has 0 atom stereocenters. The number of pyridine rings is 1. The van der Waals surface area contributed by atoms with E-state index < -0.39 is 0 Å². The van der Waals surface area contributed by atoms with E-state index in [-0.39, 0.29) is 0 Å². The smallest absolute Gasteiger partial charge is 0.132 e. The molecule has 2 rings (SSSR count). The molecule has 1 N–H and O–H groups in total. The van der Waals surface area contributed by atoms with Crippen molar-refractivity contribution in [3.05, 3.63) is 22.8 Å². The number of anilines is 1. The molecule has 1 aromatic rings. The van der Waals surface area contributed by atoms with Crippen LogP contribution in [0.4, 0.5) is 5.82 Å². The molecule has 4 nitrogen and oxygen atoms in total. The zero-order valence-corrected chi connectivity index (χ0v) is 11.8. The summed E-state index contributed by atoms with van der Waals surface area (Å²) in [4.78, 5) is 6.65. The molecule has 0 radical (unpaired) electrons. The van der Waals surface area contributed by atoms with E-state index in [1.165, 1.54) is 38.8 Å². The summed E-state index contributed by atoms with van der Waals surface area (Å²) in [5.41, 5.74) is 0.539. The SMILES string of the molecule is N#Cc1cc(Cl)nc(NCCN2CCCCCC2)c1. The second kappa shape index (κ2) is 7.32. The van der Waals surface area contributed by atoms with Gasteiger partial charge in [0.15, 0.2) is 0 Å². The van der Waals surface area contributed by atoms with Crippen LogP contribution in [0.5, 0.6) is 0 Å². The van der Waals surface area contributed by atoms with E-state index in [0.717, 1.165) is 13.1 Å². The Morgan fingerprint density at radius 1 is 1.26 bits per heavy atom. The maximum absolute atomic E-state index is 8.87. The molecule has 2 heterocycles. The fraction of sp³-hybridized carbons (Fsp3) is 0.571. The van der Waals surface area contributed by atoms with Crippen LogP contribution in [0.25, 0.3) is 0 Å². The van der Waals surface area contributed by atoms with Crippen molar-refractivity contribution in [3.8, 4) is 6.07 Å². The van der Waals surface area contributed by atoms with Crippen LogP contribution in [0.3, 0.4) is 0 Å². The van der Waals surface area contributed by atoms with Gasteiger partial charge in [0.05, 0.1) is 11.6 Å². The lowest BCUT2D eigenvalue weighted by atomic mass is 10.2. The molecule has 0 spiro atoms. The van der Waals surface area contributed by atoms with Crippen LogP contribution in [0, 0.1) is 11.3 Å². The number of hydrogen-bond acceptors (Lipinski definition) is 4. The molecule has 0 saturated carbocycles. The summed E-state index contributed by atoms with van der Waals surface area (Å²) in [6.45, 7) is 4.22. The maximum atomic E-state index is 8.87. The Kier molecular flexibility index (Phi) is 5.44. The van der Waals surface area contributed by atoms with Gasteiger partial charge < -0.3 is 10.2 Å². The van der Waals surface area contributed by atoms with Gasteiger partial charge in [-0.3, -0.25) is 0 Å². The van der Waals surface area contributed by atoms with Crippen LogP contribution in [0.15, 0.2) is 12.1 Å². The second-order valence-corrected chi connectivity index (χ2v) is 5.25. The summed E-state index contributed by atoms with van der Waals surface area (Å²) in [6.07, 6.45) is 5.30. The predicted molar refractivity (Wildman–Crippen MR) is 77.4 cm³/mol. The monoisotopic (exact) mass is 278 g/mol. The number of nitrogens with one attached hydrogen (secondary N) is 1. The minimum atomic E-state index is 0.358. The van der Waals surface area contributed by atoms with Gasteiger partial charge in [-0.05, 0) is 38.1 Å². The molecule has 1 fully saturated rings. The third kappa shape index (κ3) is 4.70. The highest BCUT2D eigenvalue weighted by Gasteiger charge is 2.08. The Balaban J connectivity index is 1.82. The molecular weight excluding hydrogens is 260 g/mol. The van der Waals surface area contributed by atoms with Gasteiger partial charge in [0.2, 0.25) is 0 Å². The molecule has 102 valence electrons. The molecule has 1 aliphatic heterocycles. The summed E-state index contributed by atoms with van der Waals surface area (Å²) < 4.78 is 0. The van der Waals surface area contributed by atoms with Crippen molar-refractivity contribution in [1.82, 2.24) is 9.88 Å². The van der Waals surface area contributed by atoms with E-state index in [1.807, 2.05) is 0 Å². The normalized spacial score (nSPS) is 16.6. The highest BCUT2D eigenvalue weighted by atomic mass is 35.5. The minimum absolute atomic E-state index is 0.358. The molecule has 1 aliphatic rings. The molecule has 19 heavy (non-hydrogen) atoms. The summed E-state index contributed by atoms with van der Waals surface area (Å²) in [5.74, 6) is 0.680. The van der Waals surface area contributed by atoms with Gasteiger partial charge in [-0.2, -0.15) is 5.26 Å². The van der Waals surface area contributed by atoms with E-state index in [0.29, 0.717) is 16.5 Å². The highest BCUT2D eigenvalue weighted by Crippen LogP contribution is 2.14. The average molecular weight is 279 g/mol. The van der Waals surface area contributed by atoms with Crippen molar-refractivity contribution in [2.45, 2.75) is 25.7 Å². The first-order valence-corrected chi connectivity index (χ1v) is 7.19. The van der Waals surface area contributed by atoms with Crippen molar-refractivity contribution in [2.24, 2.45) is 0 Å². The van der Waals surface area contributed by atoms with Gasteiger partial charge in [-0.25, -0.2) is 4.98 Å². The summed E-state index contributed by atoms with van der Waals surface area (Å²) in [7, 11) is 0. The number of rotatable bonds is 4. The third-order valence-electron chi connectivity index (χ3n) is 3.36. The standard InChI is InChI=1S/C14H19ClN4/c15-13-9-12(11-16)10-14(18-13)17-5-8-19-6-3-1-2-4-7-19/h9-10H,1-8H2,(H,17,18). The number of nitrogens with zero attached hydrogens (tertiary/aromatic N) is 3. The van der Waals surface area contributed by atoms with Crippen molar-refractivity contribution < 1.29 is 0 Å². The van der Waals surface area contributed by atoms with Crippen LogP contribution in [0.2, 0.25) is 5.15 Å². The summed E-state index contributed by atoms with van der Waals surface area (Å²) in [6, 6.07) is 5.38. The van der Waals surface area contributed by atoms with E-state index in [9.17, 15) is 0 Å².